The van der Waals surface area contributed by atoms with Crippen molar-refractivity contribution in [2.75, 3.05) is 5.32 Å². The van der Waals surface area contributed by atoms with Gasteiger partial charge in [-0.05, 0) is 48.7 Å². The molecule has 1 fully saturated rings. The van der Waals surface area contributed by atoms with Crippen LogP contribution < -0.4 is 10.1 Å². The topological polar surface area (TPSA) is 111 Å². The van der Waals surface area contributed by atoms with Gasteiger partial charge in [0.1, 0.15) is 10.4 Å². The van der Waals surface area contributed by atoms with Gasteiger partial charge in [-0.15, -0.1) is 0 Å². The van der Waals surface area contributed by atoms with Crippen molar-refractivity contribution in [1.82, 2.24) is 4.98 Å². The Morgan fingerprint density at radius 1 is 1.11 bits per heavy atom. The minimum atomic E-state index is -4.52. The van der Waals surface area contributed by atoms with E-state index in [1.54, 1.807) is 0 Å². The maximum absolute atomic E-state index is 13.0. The number of nitro groups is 1. The minimum Gasteiger partial charge on any atom is -0.450 e. The molecule has 3 aromatic carbocycles. The van der Waals surface area contributed by atoms with Gasteiger partial charge in [-0.1, -0.05) is 41.7 Å². The third-order valence-corrected chi connectivity index (χ3v) is 6.85. The second-order valence-electron chi connectivity index (χ2n) is 8.73. The summed E-state index contributed by atoms with van der Waals surface area (Å²) in [6, 6.07) is 13.3. The van der Waals surface area contributed by atoms with Gasteiger partial charge in [0, 0.05) is 17.9 Å². The number of nitro benzene ring substituents is 1. The second-order valence-corrected chi connectivity index (χ2v) is 9.73. The number of halogens is 3. The number of ketones is 1. The molecule has 1 aliphatic rings. The minimum absolute atomic E-state index is 0.0561. The van der Waals surface area contributed by atoms with Crippen molar-refractivity contribution >= 4 is 44.1 Å². The fourth-order valence-corrected chi connectivity index (χ4v) is 4.81. The molecule has 1 amide bonds. The summed E-state index contributed by atoms with van der Waals surface area (Å²) in [5.41, 5.74) is -0.489. The van der Waals surface area contributed by atoms with Crippen LogP contribution in [0.15, 0.2) is 60.7 Å². The number of alkyl halides is 3. The van der Waals surface area contributed by atoms with E-state index in [1.807, 2.05) is 0 Å². The lowest BCUT2D eigenvalue weighted by molar-refractivity contribution is -0.383. The van der Waals surface area contributed by atoms with E-state index in [1.165, 1.54) is 48.5 Å². The summed E-state index contributed by atoms with van der Waals surface area (Å²) in [4.78, 5) is 40.4. The van der Waals surface area contributed by atoms with E-state index in [4.69, 9.17) is 4.74 Å². The molecule has 1 N–H and O–H groups in total. The molecule has 194 valence electrons. The predicted octanol–water partition coefficient (Wildman–Crippen LogP) is 6.79. The molecule has 0 spiro atoms. The first kappa shape index (κ1) is 25.3. The first-order valence-corrected chi connectivity index (χ1v) is 12.3. The number of fused-ring (bicyclic) bond motifs is 1. The van der Waals surface area contributed by atoms with Crippen LogP contribution >= 0.6 is 11.3 Å². The molecule has 1 aromatic heterocycles. The Bertz CT molecular complexity index is 1580. The van der Waals surface area contributed by atoms with Gasteiger partial charge in [-0.2, -0.15) is 13.2 Å². The van der Waals surface area contributed by atoms with Crippen molar-refractivity contribution < 1.29 is 32.4 Å². The van der Waals surface area contributed by atoms with Gasteiger partial charge in [0.2, 0.25) is 11.7 Å². The molecule has 0 saturated heterocycles. The number of carbonyl (C=O) groups excluding carboxylic acids is 2. The molecule has 4 aromatic rings. The Kier molecular flexibility index (Phi) is 6.57. The van der Waals surface area contributed by atoms with Gasteiger partial charge >= 0.3 is 11.9 Å². The lowest BCUT2D eigenvalue weighted by Gasteiger charge is -2.10. The van der Waals surface area contributed by atoms with E-state index in [-0.39, 0.29) is 56.4 Å². The van der Waals surface area contributed by atoms with Crippen LogP contribution in [-0.4, -0.2) is 21.6 Å². The number of benzene rings is 3. The van der Waals surface area contributed by atoms with Crippen LogP contribution in [-0.2, 0) is 17.4 Å². The van der Waals surface area contributed by atoms with Gasteiger partial charge < -0.3 is 10.1 Å². The molecule has 5 rings (SSSR count). The predicted molar refractivity (Wildman–Crippen MR) is 134 cm³/mol. The lowest BCUT2D eigenvalue weighted by Crippen LogP contribution is -2.12. The van der Waals surface area contributed by atoms with E-state index in [0.29, 0.717) is 5.52 Å². The van der Waals surface area contributed by atoms with Crippen LogP contribution in [0, 0.1) is 16.0 Å². The van der Waals surface area contributed by atoms with E-state index in [0.717, 1.165) is 36.3 Å². The summed E-state index contributed by atoms with van der Waals surface area (Å²) in [5, 5.41) is 14.9. The van der Waals surface area contributed by atoms with Crippen LogP contribution in [0.5, 0.6) is 11.5 Å². The quantitative estimate of drug-likeness (QED) is 0.149. The van der Waals surface area contributed by atoms with Crippen molar-refractivity contribution in [2.24, 2.45) is 5.92 Å². The van der Waals surface area contributed by atoms with Gasteiger partial charge in [-0.3, -0.25) is 19.7 Å². The van der Waals surface area contributed by atoms with Gasteiger partial charge in [0.05, 0.1) is 16.0 Å². The smallest absolute Gasteiger partial charge is 0.416 e. The number of ether oxygens (including phenoxy) is 1. The average Bonchev–Trinajstić information content (AvgIpc) is 3.64. The number of nitrogens with zero attached hydrogens (tertiary/aromatic N) is 2. The Hall–Kier alpha value is -4.32. The summed E-state index contributed by atoms with van der Waals surface area (Å²) in [5.74, 6) is -0.629. The first-order valence-electron chi connectivity index (χ1n) is 11.4. The Morgan fingerprint density at radius 2 is 1.87 bits per heavy atom. The number of anilines is 1. The number of amides is 1. The number of aromatic nitrogens is 1. The third-order valence-electron chi connectivity index (χ3n) is 5.86. The highest BCUT2D eigenvalue weighted by Gasteiger charge is 2.32. The number of rotatable bonds is 8. The zero-order valence-corrected chi connectivity index (χ0v) is 20.3. The van der Waals surface area contributed by atoms with Crippen LogP contribution in [0.1, 0.15) is 34.3 Å². The van der Waals surface area contributed by atoms with Crippen molar-refractivity contribution in [3.8, 4) is 11.5 Å². The molecular formula is C26H18F3N3O5S. The molecule has 1 saturated carbocycles. The highest BCUT2D eigenvalue weighted by Crippen LogP contribution is 2.42. The average molecular weight is 542 g/mol. The zero-order valence-electron chi connectivity index (χ0n) is 19.4. The SMILES string of the molecule is O=C(Cc1cccc(C(F)(F)F)c1)c1cccc(Oc2ccc3nc(NC(=O)C4CC4)sc3c2[N+](=O)[O-])c1. The Morgan fingerprint density at radius 3 is 2.58 bits per heavy atom. The molecule has 0 radical (unpaired) electrons. The molecule has 1 aliphatic carbocycles. The Balaban J connectivity index is 1.38. The first-order chi connectivity index (χ1) is 18.1. The summed E-state index contributed by atoms with van der Waals surface area (Å²) in [6.07, 6.45) is -3.19. The molecule has 0 bridgehead atoms. The highest BCUT2D eigenvalue weighted by atomic mass is 32.1. The van der Waals surface area contributed by atoms with Crippen LogP contribution in [0.4, 0.5) is 24.0 Å². The summed E-state index contributed by atoms with van der Waals surface area (Å²) >= 11 is 0.964. The summed E-state index contributed by atoms with van der Waals surface area (Å²) in [7, 11) is 0. The van der Waals surface area contributed by atoms with E-state index in [9.17, 15) is 32.9 Å². The summed E-state index contributed by atoms with van der Waals surface area (Å²) < 4.78 is 45.0. The van der Waals surface area contributed by atoms with Crippen LogP contribution in [0.25, 0.3) is 10.2 Å². The molecule has 0 unspecified atom stereocenters. The molecular weight excluding hydrogens is 523 g/mol. The summed E-state index contributed by atoms with van der Waals surface area (Å²) in [6.45, 7) is 0. The zero-order chi connectivity index (χ0) is 27.0. The third kappa shape index (κ3) is 5.49. The molecule has 12 heteroatoms. The van der Waals surface area contributed by atoms with Crippen molar-refractivity contribution in [2.45, 2.75) is 25.4 Å². The molecule has 38 heavy (non-hydrogen) atoms. The van der Waals surface area contributed by atoms with Crippen LogP contribution in [0.2, 0.25) is 0 Å². The van der Waals surface area contributed by atoms with Crippen molar-refractivity contribution in [3.05, 3.63) is 87.5 Å². The van der Waals surface area contributed by atoms with Gasteiger partial charge in [0.15, 0.2) is 10.9 Å². The number of nitrogens with one attached hydrogen (secondary N) is 1. The monoisotopic (exact) mass is 541 g/mol. The van der Waals surface area contributed by atoms with Gasteiger partial charge in [-0.25, -0.2) is 4.98 Å². The fourth-order valence-electron chi connectivity index (χ4n) is 3.83. The molecule has 0 atom stereocenters. The largest absolute Gasteiger partial charge is 0.450 e. The fraction of sp³-hybridized carbons (Fsp3) is 0.192. The molecule has 0 aliphatic heterocycles. The van der Waals surface area contributed by atoms with Gasteiger partial charge in [0.25, 0.3) is 0 Å². The van der Waals surface area contributed by atoms with E-state index in [2.05, 4.69) is 10.3 Å². The van der Waals surface area contributed by atoms with E-state index < -0.39 is 22.4 Å². The second kappa shape index (κ2) is 9.86. The van der Waals surface area contributed by atoms with Crippen molar-refractivity contribution in [1.29, 1.82) is 0 Å². The number of hydrogen-bond acceptors (Lipinski definition) is 7. The molecule has 1 heterocycles. The lowest BCUT2D eigenvalue weighted by atomic mass is 10.0. The Labute approximate surface area is 217 Å². The maximum atomic E-state index is 13.0. The number of Topliss-reactive ketones (excluding diaryl/α,β-unsaturated/α-hetero) is 1. The van der Waals surface area contributed by atoms with Crippen LogP contribution in [0.3, 0.4) is 0 Å². The highest BCUT2D eigenvalue weighted by molar-refractivity contribution is 7.22. The molecule has 8 nitrogen and oxygen atoms in total. The maximum Gasteiger partial charge on any atom is 0.416 e. The number of carbonyl (C=O) groups is 2. The van der Waals surface area contributed by atoms with Crippen molar-refractivity contribution in [3.63, 3.8) is 0 Å². The number of thiazole rings is 1. The normalized spacial score (nSPS) is 13.3. The standard InChI is InChI=1S/C26H18F3N3O5S/c27-26(28,29)17-5-1-3-14(11-17)12-20(33)16-4-2-6-18(13-16)37-21-10-9-19-23(22(21)32(35)36)38-25(30-19)31-24(34)15-7-8-15/h1-6,9-11,13,15H,7-8,12H2,(H,30,31,34). The van der Waals surface area contributed by atoms with E-state index >= 15 is 0 Å². The number of hydrogen-bond donors (Lipinski definition) is 1.